The molecule has 1 saturated heterocycles. The van der Waals surface area contributed by atoms with Crippen molar-refractivity contribution in [1.29, 1.82) is 0 Å². The van der Waals surface area contributed by atoms with E-state index in [9.17, 15) is 4.79 Å². The first-order valence-electron chi connectivity index (χ1n) is 8.04. The number of hydrogen-bond donors (Lipinski definition) is 0. The summed E-state index contributed by atoms with van der Waals surface area (Å²) >= 11 is 0. The highest BCUT2D eigenvalue weighted by Crippen LogP contribution is 2.21. The van der Waals surface area contributed by atoms with Crippen molar-refractivity contribution < 1.29 is 9.53 Å². The van der Waals surface area contributed by atoms with Crippen molar-refractivity contribution >= 4 is 6.09 Å². The van der Waals surface area contributed by atoms with Gasteiger partial charge in [0.1, 0.15) is 5.60 Å². The van der Waals surface area contributed by atoms with Crippen molar-refractivity contribution in [3.8, 4) is 0 Å². The maximum Gasteiger partial charge on any atom is 0.410 e. The molecule has 122 valence electrons. The molecule has 1 fully saturated rings. The lowest BCUT2D eigenvalue weighted by Gasteiger charge is -2.44. The van der Waals surface area contributed by atoms with Gasteiger partial charge >= 0.3 is 6.09 Å². The molecule has 0 saturated carbocycles. The standard InChI is InChI=1S/C18H28N2O2/c1-14-11-19(17(21)22-18(3,4)5)12-15(2)20(14)13-16-9-7-6-8-10-16/h6-10,14-15H,11-13H2,1-5H3/t14-,15?/m0/s1. The van der Waals surface area contributed by atoms with Crippen LogP contribution < -0.4 is 0 Å². The van der Waals surface area contributed by atoms with E-state index < -0.39 is 5.60 Å². The summed E-state index contributed by atoms with van der Waals surface area (Å²) in [5, 5.41) is 0. The van der Waals surface area contributed by atoms with Crippen LogP contribution in [0, 0.1) is 0 Å². The highest BCUT2D eigenvalue weighted by molar-refractivity contribution is 5.68. The first-order chi connectivity index (χ1) is 10.3. The molecule has 0 aliphatic carbocycles. The van der Waals surface area contributed by atoms with Crippen LogP contribution in [-0.2, 0) is 11.3 Å². The maximum atomic E-state index is 12.3. The van der Waals surface area contributed by atoms with Gasteiger partial charge in [0.15, 0.2) is 0 Å². The molecular weight excluding hydrogens is 276 g/mol. The van der Waals surface area contributed by atoms with E-state index in [1.54, 1.807) is 0 Å². The van der Waals surface area contributed by atoms with Gasteiger partial charge in [0.25, 0.3) is 0 Å². The predicted octanol–water partition coefficient (Wildman–Crippen LogP) is 3.52. The molecule has 0 N–H and O–H groups in total. The van der Waals surface area contributed by atoms with Crippen LogP contribution in [0.2, 0.25) is 0 Å². The molecule has 1 amide bonds. The Labute approximate surface area is 134 Å². The zero-order chi connectivity index (χ0) is 16.3. The van der Waals surface area contributed by atoms with Gasteiger partial charge in [0, 0.05) is 31.7 Å². The van der Waals surface area contributed by atoms with E-state index in [1.807, 2.05) is 31.7 Å². The summed E-state index contributed by atoms with van der Waals surface area (Å²) in [6.45, 7) is 12.4. The van der Waals surface area contributed by atoms with E-state index >= 15 is 0 Å². The van der Waals surface area contributed by atoms with Crippen LogP contribution in [0.5, 0.6) is 0 Å². The molecule has 4 heteroatoms. The summed E-state index contributed by atoms with van der Waals surface area (Å²) in [6, 6.07) is 11.1. The van der Waals surface area contributed by atoms with Crippen LogP contribution in [0.25, 0.3) is 0 Å². The van der Waals surface area contributed by atoms with Crippen LogP contribution in [0.1, 0.15) is 40.2 Å². The number of benzene rings is 1. The maximum absolute atomic E-state index is 12.3. The van der Waals surface area contributed by atoms with E-state index in [0.29, 0.717) is 25.2 Å². The Morgan fingerprint density at radius 3 is 2.18 bits per heavy atom. The van der Waals surface area contributed by atoms with Gasteiger partial charge in [-0.15, -0.1) is 0 Å². The second-order valence-electron chi connectivity index (χ2n) is 7.24. The predicted molar refractivity (Wildman–Crippen MR) is 88.7 cm³/mol. The number of nitrogens with zero attached hydrogens (tertiary/aromatic N) is 2. The summed E-state index contributed by atoms with van der Waals surface area (Å²) in [7, 11) is 0. The summed E-state index contributed by atoms with van der Waals surface area (Å²) < 4.78 is 5.50. The minimum absolute atomic E-state index is 0.203. The molecule has 0 bridgehead atoms. The second kappa shape index (κ2) is 6.69. The summed E-state index contributed by atoms with van der Waals surface area (Å²) in [4.78, 5) is 16.5. The van der Waals surface area contributed by atoms with Crippen molar-refractivity contribution in [1.82, 2.24) is 9.80 Å². The van der Waals surface area contributed by atoms with Gasteiger partial charge in [-0.3, -0.25) is 4.90 Å². The zero-order valence-electron chi connectivity index (χ0n) is 14.4. The third-order valence-electron chi connectivity index (χ3n) is 3.96. The largest absolute Gasteiger partial charge is 0.444 e. The van der Waals surface area contributed by atoms with Gasteiger partial charge in [-0.1, -0.05) is 30.3 Å². The Balaban J connectivity index is 1.98. The molecule has 1 heterocycles. The number of carbonyl (C=O) groups is 1. The van der Waals surface area contributed by atoms with Crippen LogP contribution in [0.3, 0.4) is 0 Å². The second-order valence-corrected chi connectivity index (χ2v) is 7.24. The van der Waals surface area contributed by atoms with E-state index in [-0.39, 0.29) is 6.09 Å². The fourth-order valence-electron chi connectivity index (χ4n) is 2.94. The summed E-state index contributed by atoms with van der Waals surface area (Å²) in [5.41, 5.74) is 0.872. The first-order valence-corrected chi connectivity index (χ1v) is 8.04. The molecule has 1 aliphatic rings. The van der Waals surface area contributed by atoms with Gasteiger partial charge in [0.2, 0.25) is 0 Å². The summed E-state index contributed by atoms with van der Waals surface area (Å²) in [5.74, 6) is 0. The number of ether oxygens (including phenoxy) is 1. The van der Waals surface area contributed by atoms with Gasteiger partial charge in [-0.05, 0) is 40.2 Å². The fourth-order valence-corrected chi connectivity index (χ4v) is 2.94. The van der Waals surface area contributed by atoms with Gasteiger partial charge < -0.3 is 9.64 Å². The lowest BCUT2D eigenvalue weighted by atomic mass is 10.1. The zero-order valence-corrected chi connectivity index (χ0v) is 14.4. The number of hydrogen-bond acceptors (Lipinski definition) is 3. The third kappa shape index (κ3) is 4.47. The molecule has 22 heavy (non-hydrogen) atoms. The molecule has 1 aromatic rings. The quantitative estimate of drug-likeness (QED) is 0.838. The number of rotatable bonds is 2. The third-order valence-corrected chi connectivity index (χ3v) is 3.96. The lowest BCUT2D eigenvalue weighted by molar-refractivity contribution is -0.00966. The molecule has 2 rings (SSSR count). The molecule has 0 spiro atoms. The van der Waals surface area contributed by atoms with E-state index in [0.717, 1.165) is 6.54 Å². The molecule has 0 aromatic heterocycles. The number of piperazine rings is 1. The summed E-state index contributed by atoms with van der Waals surface area (Å²) in [6.07, 6.45) is -0.203. The van der Waals surface area contributed by atoms with Gasteiger partial charge in [-0.25, -0.2) is 4.79 Å². The number of amides is 1. The first kappa shape index (κ1) is 16.8. The smallest absolute Gasteiger partial charge is 0.410 e. The Hall–Kier alpha value is -1.55. The molecule has 2 atom stereocenters. The van der Waals surface area contributed by atoms with Crippen molar-refractivity contribution in [2.24, 2.45) is 0 Å². The fraction of sp³-hybridized carbons (Fsp3) is 0.611. The lowest BCUT2D eigenvalue weighted by Crippen LogP contribution is -2.58. The molecular formula is C18H28N2O2. The molecule has 1 aromatic carbocycles. The monoisotopic (exact) mass is 304 g/mol. The molecule has 1 aliphatic heterocycles. The van der Waals surface area contributed by atoms with E-state index in [2.05, 4.69) is 43.0 Å². The van der Waals surface area contributed by atoms with E-state index in [4.69, 9.17) is 4.74 Å². The highest BCUT2D eigenvalue weighted by Gasteiger charge is 2.33. The molecule has 1 unspecified atom stereocenters. The van der Waals surface area contributed by atoms with Crippen molar-refractivity contribution in [2.75, 3.05) is 13.1 Å². The van der Waals surface area contributed by atoms with Crippen LogP contribution >= 0.6 is 0 Å². The minimum Gasteiger partial charge on any atom is -0.444 e. The van der Waals surface area contributed by atoms with Gasteiger partial charge in [0.05, 0.1) is 0 Å². The van der Waals surface area contributed by atoms with Gasteiger partial charge in [-0.2, -0.15) is 0 Å². The van der Waals surface area contributed by atoms with Crippen LogP contribution in [0.4, 0.5) is 4.79 Å². The molecule has 0 radical (unpaired) electrons. The Bertz CT molecular complexity index is 484. The number of carbonyl (C=O) groups excluding carboxylic acids is 1. The Morgan fingerprint density at radius 2 is 1.68 bits per heavy atom. The van der Waals surface area contributed by atoms with Crippen molar-refractivity contribution in [3.63, 3.8) is 0 Å². The normalized spacial score (nSPS) is 23.4. The minimum atomic E-state index is -0.440. The van der Waals surface area contributed by atoms with Crippen molar-refractivity contribution in [2.45, 2.75) is 58.8 Å². The van der Waals surface area contributed by atoms with E-state index in [1.165, 1.54) is 5.56 Å². The molecule has 4 nitrogen and oxygen atoms in total. The van der Waals surface area contributed by atoms with Crippen LogP contribution in [0.15, 0.2) is 30.3 Å². The highest BCUT2D eigenvalue weighted by atomic mass is 16.6. The topological polar surface area (TPSA) is 32.8 Å². The van der Waals surface area contributed by atoms with Crippen LogP contribution in [-0.4, -0.2) is 46.7 Å². The average molecular weight is 304 g/mol. The Morgan fingerprint density at radius 1 is 1.14 bits per heavy atom. The Kier molecular flexibility index (Phi) is 5.12. The van der Waals surface area contributed by atoms with Crippen molar-refractivity contribution in [3.05, 3.63) is 35.9 Å². The average Bonchev–Trinajstić information content (AvgIpc) is 2.42. The SMILES string of the molecule is CC1CN(C(=O)OC(C)(C)C)C[C@H](C)N1Cc1ccccc1.